The Morgan fingerprint density at radius 2 is 1.56 bits per heavy atom. The number of halogens is 1. The molecular weight excluding hydrogens is 607 g/mol. The Balaban J connectivity index is 0.000000314. The van der Waals surface area contributed by atoms with Gasteiger partial charge in [0.15, 0.2) is 11.5 Å². The molecule has 43 heavy (non-hydrogen) atoms. The molecule has 0 aliphatic carbocycles. The first-order valence-electron chi connectivity index (χ1n) is 13.4. The standard InChI is InChI=1S/C22H20FN3O6S.C5H11NO3S/c23-15-5-3-14(4-6-15)12-25-13-17-18(22(25)28)20(27)19-16(2-1-7-24-19)21(17)32-33(29,30)26-8-10-31-11-9-26;1-10(7,8)6-2-4-9-5-3-6/h1-7,27H,8-13H2;2-5H2,1H3. The minimum atomic E-state index is -4.19. The highest BCUT2D eigenvalue weighted by Gasteiger charge is 2.38. The van der Waals surface area contributed by atoms with E-state index in [1.54, 1.807) is 24.3 Å². The Bertz CT molecular complexity index is 1710. The van der Waals surface area contributed by atoms with E-state index >= 15 is 0 Å². The van der Waals surface area contributed by atoms with Crippen molar-refractivity contribution in [3.8, 4) is 11.5 Å². The van der Waals surface area contributed by atoms with Gasteiger partial charge in [0.05, 0.1) is 44.8 Å². The van der Waals surface area contributed by atoms with Crippen LogP contribution >= 0.6 is 0 Å². The molecule has 2 saturated heterocycles. The zero-order chi connectivity index (χ0) is 30.8. The Morgan fingerprint density at radius 1 is 0.953 bits per heavy atom. The van der Waals surface area contributed by atoms with Gasteiger partial charge in [-0.1, -0.05) is 12.1 Å². The first kappa shape index (κ1) is 31.0. The van der Waals surface area contributed by atoms with E-state index in [9.17, 15) is 31.1 Å². The number of pyridine rings is 1. The topological polar surface area (TPSA) is 156 Å². The highest BCUT2D eigenvalue weighted by molar-refractivity contribution is 7.88. The summed E-state index contributed by atoms with van der Waals surface area (Å²) < 4.78 is 79.4. The van der Waals surface area contributed by atoms with Gasteiger partial charge in [-0.25, -0.2) is 12.8 Å². The van der Waals surface area contributed by atoms with Gasteiger partial charge in [-0.2, -0.15) is 17.0 Å². The first-order chi connectivity index (χ1) is 20.5. The lowest BCUT2D eigenvalue weighted by Crippen LogP contribution is -2.42. The third-order valence-electron chi connectivity index (χ3n) is 7.14. The van der Waals surface area contributed by atoms with E-state index in [0.717, 1.165) is 0 Å². The number of rotatable bonds is 6. The Kier molecular flexibility index (Phi) is 9.15. The summed E-state index contributed by atoms with van der Waals surface area (Å²) in [4.78, 5) is 18.8. The molecule has 3 aliphatic heterocycles. The normalized spacial score (nSPS) is 18.3. The van der Waals surface area contributed by atoms with E-state index in [4.69, 9.17) is 13.7 Å². The predicted molar refractivity (Wildman–Crippen MR) is 153 cm³/mol. The Morgan fingerprint density at radius 3 is 2.14 bits per heavy atom. The third kappa shape index (κ3) is 6.89. The molecule has 6 rings (SSSR count). The van der Waals surface area contributed by atoms with Crippen molar-refractivity contribution in [2.24, 2.45) is 0 Å². The number of carbonyl (C=O) groups is 1. The number of hydrogen-bond donors (Lipinski definition) is 1. The number of ether oxygens (including phenoxy) is 2. The summed E-state index contributed by atoms with van der Waals surface area (Å²) in [7, 11) is -7.16. The average Bonchev–Trinajstić information content (AvgIpc) is 3.33. The van der Waals surface area contributed by atoms with Gasteiger partial charge < -0.3 is 23.7 Å². The number of phenols is 1. The molecule has 2 fully saturated rings. The van der Waals surface area contributed by atoms with Crippen molar-refractivity contribution in [1.29, 1.82) is 0 Å². The number of nitrogens with zero attached hydrogens (tertiary/aromatic N) is 4. The van der Waals surface area contributed by atoms with Crippen LogP contribution in [0.3, 0.4) is 0 Å². The second-order valence-corrected chi connectivity index (χ2v) is 13.6. The zero-order valence-corrected chi connectivity index (χ0v) is 24.9. The summed E-state index contributed by atoms with van der Waals surface area (Å²) >= 11 is 0. The largest absolute Gasteiger partial charge is 0.505 e. The lowest BCUT2D eigenvalue weighted by molar-refractivity contribution is 0.0698. The van der Waals surface area contributed by atoms with E-state index in [2.05, 4.69) is 4.98 Å². The van der Waals surface area contributed by atoms with Gasteiger partial charge in [0, 0.05) is 49.9 Å². The Labute approximate surface area is 248 Å². The molecule has 232 valence electrons. The van der Waals surface area contributed by atoms with Crippen LogP contribution < -0.4 is 4.18 Å². The van der Waals surface area contributed by atoms with Gasteiger partial charge >= 0.3 is 10.3 Å². The molecule has 0 bridgehead atoms. The molecule has 3 aromatic rings. The monoisotopic (exact) mass is 638 g/mol. The van der Waals surface area contributed by atoms with Crippen LogP contribution in [0.15, 0.2) is 42.6 Å². The fourth-order valence-electron chi connectivity index (χ4n) is 4.96. The van der Waals surface area contributed by atoms with Crippen LogP contribution in [0, 0.1) is 5.82 Å². The van der Waals surface area contributed by atoms with E-state index in [1.165, 1.54) is 38.1 Å². The van der Waals surface area contributed by atoms with Gasteiger partial charge in [0.1, 0.15) is 11.3 Å². The maximum atomic E-state index is 13.3. The van der Waals surface area contributed by atoms with Crippen LogP contribution in [0.4, 0.5) is 4.39 Å². The van der Waals surface area contributed by atoms with Crippen molar-refractivity contribution in [2.45, 2.75) is 13.1 Å². The molecule has 3 aliphatic rings. The number of phenolic OH excluding ortho intramolecular Hbond substituents is 1. The molecular formula is C27H31FN4O9S2. The van der Waals surface area contributed by atoms with Crippen molar-refractivity contribution in [3.05, 3.63) is 65.1 Å². The summed E-state index contributed by atoms with van der Waals surface area (Å²) in [5.74, 6) is -1.25. The van der Waals surface area contributed by atoms with Crippen molar-refractivity contribution >= 4 is 37.1 Å². The molecule has 0 saturated carbocycles. The number of aromatic nitrogens is 1. The summed E-state index contributed by atoms with van der Waals surface area (Å²) in [5, 5.41) is 11.1. The second-order valence-electron chi connectivity index (χ2n) is 10.0. The van der Waals surface area contributed by atoms with E-state index in [0.29, 0.717) is 31.9 Å². The molecule has 0 radical (unpaired) electrons. The number of carbonyl (C=O) groups excluding carboxylic acids is 1. The van der Waals surface area contributed by atoms with E-state index in [-0.39, 0.29) is 72.9 Å². The number of sulfonamides is 1. The fourth-order valence-corrected chi connectivity index (χ4v) is 6.87. The van der Waals surface area contributed by atoms with Crippen molar-refractivity contribution < 1.29 is 44.8 Å². The van der Waals surface area contributed by atoms with Gasteiger partial charge in [-0.3, -0.25) is 9.78 Å². The minimum absolute atomic E-state index is 0.0118. The quantitative estimate of drug-likeness (QED) is 0.420. The number of fused-ring (bicyclic) bond motifs is 2. The number of morpholine rings is 2. The van der Waals surface area contributed by atoms with Crippen LogP contribution in [0.2, 0.25) is 0 Å². The van der Waals surface area contributed by atoms with Crippen molar-refractivity contribution in [2.75, 3.05) is 58.9 Å². The van der Waals surface area contributed by atoms with Gasteiger partial charge in [-0.15, -0.1) is 0 Å². The van der Waals surface area contributed by atoms with Crippen LogP contribution in [0.5, 0.6) is 11.5 Å². The maximum Gasteiger partial charge on any atom is 0.385 e. The minimum Gasteiger partial charge on any atom is -0.505 e. The van der Waals surface area contributed by atoms with Crippen LogP contribution in [-0.4, -0.2) is 105 Å². The maximum absolute atomic E-state index is 13.3. The summed E-state index contributed by atoms with van der Waals surface area (Å²) in [5.41, 5.74) is 0.968. The molecule has 4 heterocycles. The molecule has 2 aromatic carbocycles. The van der Waals surface area contributed by atoms with Crippen molar-refractivity contribution in [3.63, 3.8) is 0 Å². The average molecular weight is 639 g/mol. The summed E-state index contributed by atoms with van der Waals surface area (Å²) in [6.45, 7) is 3.00. The number of amides is 1. The molecule has 0 spiro atoms. The lowest BCUT2D eigenvalue weighted by atomic mass is 10.0. The van der Waals surface area contributed by atoms with Gasteiger partial charge in [0.25, 0.3) is 5.91 Å². The van der Waals surface area contributed by atoms with Gasteiger partial charge in [-0.05, 0) is 29.8 Å². The summed E-state index contributed by atoms with van der Waals surface area (Å²) in [6.07, 6.45) is 2.66. The Hall–Kier alpha value is -3.41. The van der Waals surface area contributed by atoms with E-state index < -0.39 is 32.1 Å². The number of hydrogen-bond acceptors (Lipinski definition) is 10. The third-order valence-corrected chi connectivity index (χ3v) is 9.82. The first-order valence-corrected chi connectivity index (χ1v) is 16.6. The highest BCUT2D eigenvalue weighted by Crippen LogP contribution is 2.44. The molecule has 16 heteroatoms. The number of aromatic hydroxyl groups is 1. The fraction of sp³-hybridized carbons (Fsp3) is 0.407. The van der Waals surface area contributed by atoms with Crippen LogP contribution in [0.1, 0.15) is 21.5 Å². The van der Waals surface area contributed by atoms with E-state index in [1.807, 2.05) is 0 Å². The molecule has 0 atom stereocenters. The van der Waals surface area contributed by atoms with Crippen molar-refractivity contribution in [1.82, 2.24) is 18.5 Å². The second kappa shape index (κ2) is 12.7. The highest BCUT2D eigenvalue weighted by atomic mass is 32.2. The van der Waals surface area contributed by atoms with Gasteiger partial charge in [0.2, 0.25) is 10.0 Å². The van der Waals surface area contributed by atoms with Crippen LogP contribution in [0.25, 0.3) is 10.9 Å². The molecule has 1 N–H and O–H groups in total. The lowest BCUT2D eigenvalue weighted by Gasteiger charge is -2.26. The molecule has 1 aromatic heterocycles. The van der Waals surface area contributed by atoms with Crippen LogP contribution in [-0.2, 0) is 42.9 Å². The SMILES string of the molecule is CS(=O)(=O)N1CCOCC1.O=C1c2c(c(OS(=O)(=O)N3CCOCC3)c3cccnc3c2O)CN1Cc1ccc(F)cc1. The predicted octanol–water partition coefficient (Wildman–Crippen LogP) is 1.47. The number of benzene rings is 2. The molecule has 0 unspecified atom stereocenters. The summed E-state index contributed by atoms with van der Waals surface area (Å²) in [6, 6.07) is 8.88. The molecule has 13 nitrogen and oxygen atoms in total. The zero-order valence-electron chi connectivity index (χ0n) is 23.3. The smallest absolute Gasteiger partial charge is 0.385 e. The molecule has 1 amide bonds.